The third kappa shape index (κ3) is 4.06. The maximum absolute atomic E-state index is 11.8. The minimum Gasteiger partial charge on any atom is -0.445 e. The maximum atomic E-state index is 11.8. The highest BCUT2D eigenvalue weighted by atomic mass is 16.5. The van der Waals surface area contributed by atoms with Gasteiger partial charge in [-0.2, -0.15) is 0 Å². The summed E-state index contributed by atoms with van der Waals surface area (Å²) in [5.74, 6) is 0. The number of hydrogen-bond acceptors (Lipinski definition) is 2. The van der Waals surface area contributed by atoms with E-state index in [0.717, 1.165) is 24.8 Å². The highest BCUT2D eigenvalue weighted by Gasteiger charge is 2.26. The van der Waals surface area contributed by atoms with Gasteiger partial charge >= 0.3 is 6.09 Å². The van der Waals surface area contributed by atoms with Crippen molar-refractivity contribution in [2.45, 2.75) is 52.2 Å². The molecule has 0 spiro atoms. The fraction of sp³-hybridized carbons (Fsp3) is 0.533. The third-order valence-electron chi connectivity index (χ3n) is 3.61. The van der Waals surface area contributed by atoms with Crippen LogP contribution in [0.3, 0.4) is 0 Å². The number of amides is 1. The van der Waals surface area contributed by atoms with Crippen molar-refractivity contribution in [3.8, 4) is 0 Å². The highest BCUT2D eigenvalue weighted by Crippen LogP contribution is 2.19. The molecule has 0 atom stereocenters. The van der Waals surface area contributed by atoms with Gasteiger partial charge in [0.1, 0.15) is 6.61 Å². The summed E-state index contributed by atoms with van der Waals surface area (Å²) in [5, 5.41) is 2.99. The molecular formula is C15H23NO2. The molecule has 0 radical (unpaired) electrons. The van der Waals surface area contributed by atoms with Crippen LogP contribution in [0.15, 0.2) is 30.3 Å². The van der Waals surface area contributed by atoms with Crippen LogP contribution >= 0.6 is 0 Å². The van der Waals surface area contributed by atoms with Crippen LogP contribution < -0.4 is 5.32 Å². The lowest BCUT2D eigenvalue weighted by atomic mass is 9.90. The van der Waals surface area contributed by atoms with Gasteiger partial charge in [-0.3, -0.25) is 0 Å². The van der Waals surface area contributed by atoms with Gasteiger partial charge in [-0.25, -0.2) is 4.79 Å². The number of ether oxygens (including phenoxy) is 1. The Morgan fingerprint density at radius 1 is 1.11 bits per heavy atom. The van der Waals surface area contributed by atoms with Crippen LogP contribution in [0.25, 0.3) is 0 Å². The summed E-state index contributed by atoms with van der Waals surface area (Å²) in [6.45, 7) is 6.58. The van der Waals surface area contributed by atoms with Crippen molar-refractivity contribution in [3.05, 3.63) is 35.9 Å². The predicted molar refractivity (Wildman–Crippen MR) is 73.4 cm³/mol. The van der Waals surface area contributed by atoms with Crippen LogP contribution in [0.5, 0.6) is 0 Å². The molecule has 3 heteroatoms. The molecule has 0 saturated carbocycles. The van der Waals surface area contributed by atoms with Crippen LogP contribution in [-0.4, -0.2) is 11.6 Å². The second-order valence-corrected chi connectivity index (χ2v) is 4.53. The smallest absolute Gasteiger partial charge is 0.407 e. The molecule has 1 aromatic carbocycles. The monoisotopic (exact) mass is 249 g/mol. The Balaban J connectivity index is 2.46. The fourth-order valence-electron chi connectivity index (χ4n) is 1.99. The maximum Gasteiger partial charge on any atom is 0.407 e. The first-order valence-corrected chi connectivity index (χ1v) is 6.64. The van der Waals surface area contributed by atoms with Crippen molar-refractivity contribution in [1.82, 2.24) is 5.32 Å². The molecule has 1 rings (SSSR count). The zero-order chi connectivity index (χ0) is 13.4. The second-order valence-electron chi connectivity index (χ2n) is 4.53. The molecule has 0 saturated heterocycles. The van der Waals surface area contributed by atoms with Crippen LogP contribution in [-0.2, 0) is 11.3 Å². The zero-order valence-electron chi connectivity index (χ0n) is 11.5. The van der Waals surface area contributed by atoms with E-state index < -0.39 is 0 Å². The summed E-state index contributed by atoms with van der Waals surface area (Å²) in [4.78, 5) is 11.8. The number of rotatable bonds is 6. The van der Waals surface area contributed by atoms with Crippen molar-refractivity contribution < 1.29 is 9.53 Å². The fourth-order valence-corrected chi connectivity index (χ4v) is 1.99. The van der Waals surface area contributed by atoms with Crippen molar-refractivity contribution >= 4 is 6.09 Å². The lowest BCUT2D eigenvalue weighted by Crippen LogP contribution is -2.47. The van der Waals surface area contributed by atoms with Crippen molar-refractivity contribution in [2.75, 3.05) is 0 Å². The lowest BCUT2D eigenvalue weighted by Gasteiger charge is -2.31. The molecule has 0 aromatic heterocycles. The molecular weight excluding hydrogens is 226 g/mol. The Labute approximate surface area is 110 Å². The van der Waals surface area contributed by atoms with E-state index in [1.807, 2.05) is 30.3 Å². The Morgan fingerprint density at radius 2 is 1.67 bits per heavy atom. The zero-order valence-corrected chi connectivity index (χ0v) is 11.5. The van der Waals surface area contributed by atoms with Gasteiger partial charge in [-0.1, -0.05) is 51.1 Å². The van der Waals surface area contributed by atoms with E-state index >= 15 is 0 Å². The number of carbonyl (C=O) groups excluding carboxylic acids is 1. The van der Waals surface area contributed by atoms with Crippen LogP contribution in [0.4, 0.5) is 4.79 Å². The Hall–Kier alpha value is -1.51. The first-order valence-electron chi connectivity index (χ1n) is 6.64. The molecule has 100 valence electrons. The van der Waals surface area contributed by atoms with Crippen molar-refractivity contribution in [2.24, 2.45) is 0 Å². The van der Waals surface area contributed by atoms with Gasteiger partial charge < -0.3 is 10.1 Å². The van der Waals surface area contributed by atoms with E-state index in [0.29, 0.717) is 6.61 Å². The van der Waals surface area contributed by atoms with Gasteiger partial charge in [0, 0.05) is 5.54 Å². The lowest BCUT2D eigenvalue weighted by molar-refractivity contribution is 0.123. The van der Waals surface area contributed by atoms with Gasteiger partial charge in [0.25, 0.3) is 0 Å². The number of alkyl carbamates (subject to hydrolysis) is 1. The van der Waals surface area contributed by atoms with E-state index in [-0.39, 0.29) is 11.6 Å². The van der Waals surface area contributed by atoms with Gasteiger partial charge in [-0.15, -0.1) is 0 Å². The number of carbonyl (C=O) groups is 1. The largest absolute Gasteiger partial charge is 0.445 e. The average Bonchev–Trinajstić information content (AvgIpc) is 2.44. The minimum atomic E-state index is -0.329. The molecule has 0 unspecified atom stereocenters. The summed E-state index contributed by atoms with van der Waals surface area (Å²) in [6, 6.07) is 9.70. The number of hydrogen-bond donors (Lipinski definition) is 1. The summed E-state index contributed by atoms with van der Waals surface area (Å²) >= 11 is 0. The normalized spacial score (nSPS) is 11.1. The molecule has 1 aromatic rings. The molecule has 18 heavy (non-hydrogen) atoms. The first-order chi connectivity index (χ1) is 8.65. The SMILES string of the molecule is CCC(CC)(CC)NC(=O)OCc1ccccc1. The van der Waals surface area contributed by atoms with E-state index in [1.165, 1.54) is 0 Å². The van der Waals surface area contributed by atoms with Crippen molar-refractivity contribution in [1.29, 1.82) is 0 Å². The first kappa shape index (κ1) is 14.6. The molecule has 1 amide bonds. The minimum absolute atomic E-state index is 0.131. The van der Waals surface area contributed by atoms with E-state index in [4.69, 9.17) is 4.74 Å². The van der Waals surface area contributed by atoms with Gasteiger partial charge in [0.2, 0.25) is 0 Å². The quantitative estimate of drug-likeness (QED) is 0.830. The summed E-state index contributed by atoms with van der Waals surface area (Å²) < 4.78 is 5.24. The Bertz CT molecular complexity index is 350. The summed E-state index contributed by atoms with van der Waals surface area (Å²) in [6.07, 6.45) is 2.42. The second kappa shape index (κ2) is 7.04. The summed E-state index contributed by atoms with van der Waals surface area (Å²) in [5.41, 5.74) is 0.871. The van der Waals surface area contributed by atoms with Gasteiger partial charge in [0.05, 0.1) is 0 Å². The van der Waals surface area contributed by atoms with Crippen LogP contribution in [0.1, 0.15) is 45.6 Å². The van der Waals surface area contributed by atoms with E-state index in [1.54, 1.807) is 0 Å². The molecule has 0 aliphatic rings. The van der Waals surface area contributed by atoms with Gasteiger partial charge in [0.15, 0.2) is 0 Å². The Kier molecular flexibility index (Phi) is 5.69. The molecule has 0 aliphatic heterocycles. The Morgan fingerprint density at radius 3 is 2.17 bits per heavy atom. The predicted octanol–water partition coefficient (Wildman–Crippen LogP) is 3.88. The highest BCUT2D eigenvalue weighted by molar-refractivity contribution is 5.68. The van der Waals surface area contributed by atoms with Gasteiger partial charge in [-0.05, 0) is 24.8 Å². The van der Waals surface area contributed by atoms with Crippen LogP contribution in [0, 0.1) is 0 Å². The molecule has 0 bridgehead atoms. The third-order valence-corrected chi connectivity index (χ3v) is 3.61. The van der Waals surface area contributed by atoms with E-state index in [9.17, 15) is 4.79 Å². The molecule has 0 heterocycles. The topological polar surface area (TPSA) is 38.3 Å². The number of nitrogens with one attached hydrogen (secondary N) is 1. The molecule has 0 fully saturated rings. The number of benzene rings is 1. The molecule has 1 N–H and O–H groups in total. The molecule has 0 aliphatic carbocycles. The standard InChI is InChI=1S/C15H23NO2/c1-4-15(5-2,6-3)16-14(17)18-12-13-10-8-7-9-11-13/h7-11H,4-6,12H2,1-3H3,(H,16,17). The van der Waals surface area contributed by atoms with Crippen molar-refractivity contribution in [3.63, 3.8) is 0 Å². The average molecular weight is 249 g/mol. The summed E-state index contributed by atoms with van der Waals surface area (Å²) in [7, 11) is 0. The van der Waals surface area contributed by atoms with Crippen LogP contribution in [0.2, 0.25) is 0 Å². The molecule has 3 nitrogen and oxygen atoms in total. The van der Waals surface area contributed by atoms with E-state index in [2.05, 4.69) is 26.1 Å².